The van der Waals surface area contributed by atoms with Crippen molar-refractivity contribution in [2.75, 3.05) is 6.61 Å². The van der Waals surface area contributed by atoms with Gasteiger partial charge in [-0.05, 0) is 52.2 Å². The van der Waals surface area contributed by atoms with Gasteiger partial charge in [-0.15, -0.1) is 11.3 Å². The van der Waals surface area contributed by atoms with Crippen molar-refractivity contribution in [3.63, 3.8) is 0 Å². The van der Waals surface area contributed by atoms with Gasteiger partial charge in [-0.1, -0.05) is 19.1 Å². The van der Waals surface area contributed by atoms with Gasteiger partial charge in [0.1, 0.15) is 5.75 Å². The summed E-state index contributed by atoms with van der Waals surface area (Å²) in [6.07, 6.45) is 1.87. The Labute approximate surface area is 132 Å². The van der Waals surface area contributed by atoms with E-state index in [1.54, 1.807) is 11.3 Å². The Morgan fingerprint density at radius 3 is 2.85 bits per heavy atom. The van der Waals surface area contributed by atoms with Crippen LogP contribution in [-0.2, 0) is 6.42 Å². The molecule has 3 nitrogen and oxygen atoms in total. The van der Waals surface area contributed by atoms with Crippen LogP contribution in [0.1, 0.15) is 29.8 Å². The Hall–Kier alpha value is -0.880. The summed E-state index contributed by atoms with van der Waals surface area (Å²) in [5.41, 5.74) is 4.04. The molecule has 20 heavy (non-hydrogen) atoms. The Balaban J connectivity index is 2.10. The Kier molecular flexibility index (Phi) is 6.04. The maximum atomic E-state index is 5.71. The molecule has 1 aromatic carbocycles. The molecule has 0 bridgehead atoms. The highest BCUT2D eigenvalue weighted by atomic mass is 79.9. The zero-order valence-electron chi connectivity index (χ0n) is 11.4. The van der Waals surface area contributed by atoms with Crippen molar-refractivity contribution in [2.24, 2.45) is 5.84 Å². The van der Waals surface area contributed by atoms with E-state index in [0.29, 0.717) is 0 Å². The molecular formula is C15H19BrN2OS. The molecule has 0 spiro atoms. The Morgan fingerprint density at radius 1 is 1.35 bits per heavy atom. The lowest BCUT2D eigenvalue weighted by Crippen LogP contribution is -2.29. The fourth-order valence-corrected chi connectivity index (χ4v) is 3.51. The van der Waals surface area contributed by atoms with E-state index in [1.165, 1.54) is 4.88 Å². The fourth-order valence-electron chi connectivity index (χ4n) is 1.98. The fraction of sp³-hybridized carbons (Fsp3) is 0.333. The quantitative estimate of drug-likeness (QED) is 0.582. The standard InChI is InChI=1S/C15H19BrN2OS/c1-2-8-19-12-5-3-4-11(9-12)14(18-17)10-13-6-7-15(16)20-13/h3-7,9,14,18H,2,8,10,17H2,1H3. The summed E-state index contributed by atoms with van der Waals surface area (Å²) in [6.45, 7) is 2.84. The van der Waals surface area contributed by atoms with Crippen molar-refractivity contribution in [2.45, 2.75) is 25.8 Å². The summed E-state index contributed by atoms with van der Waals surface area (Å²) >= 11 is 5.22. The second kappa shape index (κ2) is 7.78. The molecule has 3 N–H and O–H groups in total. The molecule has 1 heterocycles. The highest BCUT2D eigenvalue weighted by Gasteiger charge is 2.12. The van der Waals surface area contributed by atoms with Crippen LogP contribution in [0.4, 0.5) is 0 Å². The summed E-state index contributed by atoms with van der Waals surface area (Å²) in [5, 5.41) is 0. The molecule has 108 valence electrons. The molecule has 1 aromatic heterocycles. The second-order valence-corrected chi connectivity index (χ2v) is 7.10. The zero-order chi connectivity index (χ0) is 14.4. The molecular weight excluding hydrogens is 336 g/mol. The lowest BCUT2D eigenvalue weighted by Gasteiger charge is -2.16. The van der Waals surface area contributed by atoms with Crippen LogP contribution in [0.15, 0.2) is 40.2 Å². The first-order valence-corrected chi connectivity index (χ1v) is 8.27. The minimum atomic E-state index is 0.0886. The summed E-state index contributed by atoms with van der Waals surface area (Å²) < 4.78 is 6.81. The van der Waals surface area contributed by atoms with Gasteiger partial charge in [0.05, 0.1) is 16.4 Å². The van der Waals surface area contributed by atoms with E-state index in [4.69, 9.17) is 10.6 Å². The molecule has 0 aliphatic heterocycles. The number of hydrazine groups is 1. The van der Waals surface area contributed by atoms with E-state index >= 15 is 0 Å². The number of hydrogen-bond donors (Lipinski definition) is 2. The first-order chi connectivity index (χ1) is 9.72. The third kappa shape index (κ3) is 4.31. The molecule has 2 aromatic rings. The number of ether oxygens (including phenoxy) is 1. The van der Waals surface area contributed by atoms with E-state index in [0.717, 1.165) is 34.5 Å². The van der Waals surface area contributed by atoms with Crippen LogP contribution < -0.4 is 16.0 Å². The molecule has 5 heteroatoms. The third-order valence-electron chi connectivity index (χ3n) is 2.97. The van der Waals surface area contributed by atoms with Crippen LogP contribution in [-0.4, -0.2) is 6.61 Å². The molecule has 0 aliphatic carbocycles. The molecule has 0 saturated carbocycles. The number of nitrogens with one attached hydrogen (secondary N) is 1. The zero-order valence-corrected chi connectivity index (χ0v) is 13.8. The molecule has 0 fully saturated rings. The predicted octanol–water partition coefficient (Wildman–Crippen LogP) is 4.05. The highest BCUT2D eigenvalue weighted by Crippen LogP contribution is 2.28. The monoisotopic (exact) mass is 354 g/mol. The van der Waals surface area contributed by atoms with Gasteiger partial charge in [-0.3, -0.25) is 11.3 Å². The Morgan fingerprint density at radius 2 is 2.20 bits per heavy atom. The van der Waals surface area contributed by atoms with Crippen LogP contribution in [0.2, 0.25) is 0 Å². The number of thiophene rings is 1. The maximum Gasteiger partial charge on any atom is 0.119 e. The Bertz CT molecular complexity index is 544. The molecule has 2 rings (SSSR count). The SMILES string of the molecule is CCCOc1cccc(C(Cc2ccc(Br)s2)NN)c1. The number of nitrogens with two attached hydrogens (primary N) is 1. The third-order valence-corrected chi connectivity index (χ3v) is 4.61. The molecule has 1 unspecified atom stereocenters. The van der Waals surface area contributed by atoms with Gasteiger partial charge in [-0.2, -0.15) is 0 Å². The van der Waals surface area contributed by atoms with E-state index < -0.39 is 0 Å². The molecule has 0 amide bonds. The van der Waals surface area contributed by atoms with Crippen LogP contribution in [0.25, 0.3) is 0 Å². The van der Waals surface area contributed by atoms with Gasteiger partial charge in [0.15, 0.2) is 0 Å². The van der Waals surface area contributed by atoms with Crippen molar-refractivity contribution < 1.29 is 4.74 Å². The van der Waals surface area contributed by atoms with Gasteiger partial charge in [0.25, 0.3) is 0 Å². The lowest BCUT2D eigenvalue weighted by molar-refractivity contribution is 0.316. The maximum absolute atomic E-state index is 5.71. The van der Waals surface area contributed by atoms with Crippen LogP contribution in [0, 0.1) is 0 Å². The molecule has 0 radical (unpaired) electrons. The summed E-state index contributed by atoms with van der Waals surface area (Å²) in [5.74, 6) is 6.61. The van der Waals surface area contributed by atoms with Crippen molar-refractivity contribution in [3.05, 3.63) is 50.6 Å². The van der Waals surface area contributed by atoms with E-state index in [9.17, 15) is 0 Å². The van der Waals surface area contributed by atoms with Crippen molar-refractivity contribution >= 4 is 27.3 Å². The van der Waals surface area contributed by atoms with Crippen LogP contribution >= 0.6 is 27.3 Å². The van der Waals surface area contributed by atoms with Crippen LogP contribution in [0.3, 0.4) is 0 Å². The average Bonchev–Trinajstić information content (AvgIpc) is 2.88. The summed E-state index contributed by atoms with van der Waals surface area (Å²) in [6, 6.07) is 12.4. The first-order valence-electron chi connectivity index (χ1n) is 6.66. The van der Waals surface area contributed by atoms with E-state index in [1.807, 2.05) is 12.1 Å². The lowest BCUT2D eigenvalue weighted by atomic mass is 10.0. The largest absolute Gasteiger partial charge is 0.494 e. The average molecular weight is 355 g/mol. The van der Waals surface area contributed by atoms with Crippen LogP contribution in [0.5, 0.6) is 5.75 Å². The van der Waals surface area contributed by atoms with E-state index in [-0.39, 0.29) is 6.04 Å². The number of hydrogen-bond acceptors (Lipinski definition) is 4. The van der Waals surface area contributed by atoms with Gasteiger partial charge >= 0.3 is 0 Å². The highest BCUT2D eigenvalue weighted by molar-refractivity contribution is 9.11. The van der Waals surface area contributed by atoms with Gasteiger partial charge in [-0.25, -0.2) is 0 Å². The first kappa shape index (κ1) is 15.5. The van der Waals surface area contributed by atoms with Gasteiger partial charge in [0.2, 0.25) is 0 Å². The topological polar surface area (TPSA) is 47.3 Å². The second-order valence-electron chi connectivity index (χ2n) is 4.55. The summed E-state index contributed by atoms with van der Waals surface area (Å²) in [4.78, 5) is 1.29. The molecule has 0 aliphatic rings. The molecule has 0 saturated heterocycles. The molecule has 1 atom stereocenters. The van der Waals surface area contributed by atoms with Crippen molar-refractivity contribution in [1.29, 1.82) is 0 Å². The number of halogens is 1. The number of rotatable bonds is 7. The number of benzene rings is 1. The minimum absolute atomic E-state index is 0.0886. The van der Waals surface area contributed by atoms with Gasteiger partial charge < -0.3 is 4.74 Å². The summed E-state index contributed by atoms with van der Waals surface area (Å²) in [7, 11) is 0. The normalized spacial score (nSPS) is 12.3. The van der Waals surface area contributed by atoms with Gasteiger partial charge in [0, 0.05) is 11.3 Å². The van der Waals surface area contributed by atoms with Crippen molar-refractivity contribution in [1.82, 2.24) is 5.43 Å². The predicted molar refractivity (Wildman–Crippen MR) is 88.0 cm³/mol. The van der Waals surface area contributed by atoms with Crippen molar-refractivity contribution in [3.8, 4) is 5.75 Å². The minimum Gasteiger partial charge on any atom is -0.494 e. The smallest absolute Gasteiger partial charge is 0.119 e. The van der Waals surface area contributed by atoms with E-state index in [2.05, 4.69) is 52.5 Å².